The van der Waals surface area contributed by atoms with Crippen LogP contribution in [0.25, 0.3) is 11.2 Å². The summed E-state index contributed by atoms with van der Waals surface area (Å²) >= 11 is 0. The van der Waals surface area contributed by atoms with Crippen LogP contribution < -0.4 is 10.9 Å². The van der Waals surface area contributed by atoms with E-state index in [1.807, 2.05) is 30.3 Å². The number of benzene rings is 1. The molecule has 0 amide bonds. The quantitative estimate of drug-likeness (QED) is 0.252. The lowest BCUT2D eigenvalue weighted by Crippen LogP contribution is -2.33. The predicted molar refractivity (Wildman–Crippen MR) is 106 cm³/mol. The number of nitrogens with zero attached hydrogens (tertiary/aromatic N) is 3. The zero-order chi connectivity index (χ0) is 22.2. The summed E-state index contributed by atoms with van der Waals surface area (Å²) in [6.45, 7) is -0.329. The van der Waals surface area contributed by atoms with Gasteiger partial charge in [-0.3, -0.25) is 13.9 Å². The van der Waals surface area contributed by atoms with Crippen LogP contribution in [0.4, 0.5) is 5.95 Å². The van der Waals surface area contributed by atoms with Crippen LogP contribution in [0.15, 0.2) is 41.5 Å². The molecule has 2 aromatic heterocycles. The van der Waals surface area contributed by atoms with Crippen molar-refractivity contribution >= 4 is 24.9 Å². The second-order valence-corrected chi connectivity index (χ2v) is 8.12. The zero-order valence-electron chi connectivity index (χ0n) is 15.9. The predicted octanol–water partition coefficient (Wildman–Crippen LogP) is -0.540. The summed E-state index contributed by atoms with van der Waals surface area (Å²) in [5, 5.41) is 23.9. The Balaban J connectivity index is 1.67. The molecular weight excluding hydrogens is 433 g/mol. The van der Waals surface area contributed by atoms with E-state index in [1.165, 1.54) is 4.57 Å². The van der Waals surface area contributed by atoms with Crippen LogP contribution in [-0.2, 0) is 20.4 Å². The number of rotatable bonds is 7. The Bertz CT molecular complexity index is 1160. The third-order valence-corrected chi connectivity index (χ3v) is 5.26. The van der Waals surface area contributed by atoms with Gasteiger partial charge in [0.2, 0.25) is 5.95 Å². The van der Waals surface area contributed by atoms with E-state index in [1.54, 1.807) is 0 Å². The van der Waals surface area contributed by atoms with E-state index in [0.29, 0.717) is 6.54 Å². The molecule has 1 unspecified atom stereocenters. The minimum atomic E-state index is -4.81. The van der Waals surface area contributed by atoms with Crippen LogP contribution in [0.1, 0.15) is 11.8 Å². The number of phosphoric ester groups is 1. The van der Waals surface area contributed by atoms with Gasteiger partial charge in [-0.15, -0.1) is 0 Å². The Morgan fingerprint density at radius 1 is 1.23 bits per heavy atom. The van der Waals surface area contributed by atoms with Crippen molar-refractivity contribution in [1.82, 2.24) is 19.5 Å². The van der Waals surface area contributed by atoms with Crippen molar-refractivity contribution < 1.29 is 33.8 Å². The molecule has 0 aliphatic carbocycles. The van der Waals surface area contributed by atoms with Gasteiger partial charge in [-0.1, -0.05) is 30.3 Å². The number of aliphatic hydroxyl groups is 2. The van der Waals surface area contributed by atoms with E-state index in [-0.39, 0.29) is 17.1 Å². The highest BCUT2D eigenvalue weighted by Crippen LogP contribution is 2.39. The number of aromatic nitrogens is 4. The molecule has 14 heteroatoms. The van der Waals surface area contributed by atoms with Crippen LogP contribution in [-0.4, -0.2) is 64.4 Å². The van der Waals surface area contributed by atoms with Gasteiger partial charge in [-0.25, -0.2) is 14.5 Å². The Morgan fingerprint density at radius 3 is 2.68 bits per heavy atom. The number of aliphatic hydroxyl groups excluding tert-OH is 2. The number of fused-ring (bicyclic) bond motifs is 1. The zero-order valence-corrected chi connectivity index (χ0v) is 16.8. The third kappa shape index (κ3) is 4.52. The molecule has 1 aliphatic heterocycles. The first-order valence-corrected chi connectivity index (χ1v) is 10.7. The highest BCUT2D eigenvalue weighted by atomic mass is 31.2. The van der Waals surface area contributed by atoms with Crippen molar-refractivity contribution in [3.8, 4) is 0 Å². The standard InChI is InChI=1S/C17H20N5O8P/c23-12-10(7-29-31(26,27)28)30-16(13(12)24)22-14-11(15(25)20-8-19-14)21-17(22)18-6-9-4-2-1-3-5-9/h1-5,8,10,12-13,16,23-24H,6-7H2,(H,18,21)(H,19,20,25)(H2,26,27,28)/t10-,12-,13-,16?/m1/s1. The lowest BCUT2D eigenvalue weighted by molar-refractivity contribution is -0.0494. The summed E-state index contributed by atoms with van der Waals surface area (Å²) in [6, 6.07) is 9.35. The Morgan fingerprint density at radius 2 is 1.97 bits per heavy atom. The monoisotopic (exact) mass is 453 g/mol. The molecule has 1 saturated heterocycles. The first-order chi connectivity index (χ1) is 14.7. The summed E-state index contributed by atoms with van der Waals surface area (Å²) < 4.78 is 22.3. The van der Waals surface area contributed by atoms with E-state index < -0.39 is 44.5 Å². The summed E-state index contributed by atoms with van der Waals surface area (Å²) in [4.78, 5) is 40.8. The highest BCUT2D eigenvalue weighted by molar-refractivity contribution is 7.46. The fraction of sp³-hybridized carbons (Fsp3) is 0.353. The van der Waals surface area contributed by atoms with Gasteiger partial charge in [-0.05, 0) is 5.56 Å². The maximum Gasteiger partial charge on any atom is 0.469 e. The molecule has 1 fully saturated rings. The average Bonchev–Trinajstić information content (AvgIpc) is 3.24. The van der Waals surface area contributed by atoms with Gasteiger partial charge in [0.1, 0.15) is 18.3 Å². The molecule has 0 radical (unpaired) electrons. The van der Waals surface area contributed by atoms with Crippen molar-refractivity contribution in [2.24, 2.45) is 0 Å². The van der Waals surface area contributed by atoms with Gasteiger partial charge in [0.05, 0.1) is 12.9 Å². The van der Waals surface area contributed by atoms with Crippen molar-refractivity contribution in [2.75, 3.05) is 11.9 Å². The number of nitrogens with one attached hydrogen (secondary N) is 2. The second kappa shape index (κ2) is 8.48. The molecule has 0 bridgehead atoms. The molecule has 4 rings (SSSR count). The molecule has 0 saturated carbocycles. The Kier molecular flexibility index (Phi) is 5.90. The van der Waals surface area contributed by atoms with Gasteiger partial charge in [0.25, 0.3) is 5.56 Å². The Labute approximate surface area is 174 Å². The number of imidazole rings is 1. The minimum Gasteiger partial charge on any atom is -0.387 e. The minimum absolute atomic E-state index is 0.0155. The second-order valence-electron chi connectivity index (χ2n) is 6.88. The number of phosphoric acid groups is 1. The third-order valence-electron chi connectivity index (χ3n) is 4.78. The molecule has 13 nitrogen and oxygen atoms in total. The van der Waals surface area contributed by atoms with Gasteiger partial charge >= 0.3 is 7.82 Å². The van der Waals surface area contributed by atoms with Crippen LogP contribution in [0.2, 0.25) is 0 Å². The number of hydrogen-bond acceptors (Lipinski definition) is 9. The summed E-state index contributed by atoms with van der Waals surface area (Å²) in [5.41, 5.74) is 0.482. The van der Waals surface area contributed by atoms with Gasteiger partial charge in [0, 0.05) is 6.54 Å². The molecule has 4 atom stereocenters. The largest absolute Gasteiger partial charge is 0.469 e. The summed E-state index contributed by atoms with van der Waals surface area (Å²) in [7, 11) is -4.81. The first-order valence-electron chi connectivity index (χ1n) is 9.19. The molecule has 3 aromatic rings. The average molecular weight is 453 g/mol. The van der Waals surface area contributed by atoms with E-state index in [0.717, 1.165) is 11.9 Å². The molecule has 0 spiro atoms. The van der Waals surface area contributed by atoms with Crippen LogP contribution in [0.5, 0.6) is 0 Å². The number of anilines is 1. The lowest BCUT2D eigenvalue weighted by Gasteiger charge is -2.19. The van der Waals surface area contributed by atoms with Crippen molar-refractivity contribution in [3.05, 3.63) is 52.6 Å². The van der Waals surface area contributed by atoms with E-state index in [4.69, 9.17) is 14.5 Å². The molecule has 1 aliphatic rings. The maximum absolute atomic E-state index is 12.2. The molecule has 1 aromatic carbocycles. The van der Waals surface area contributed by atoms with Gasteiger partial charge in [0.15, 0.2) is 17.4 Å². The molecule has 166 valence electrons. The number of hydrogen-bond donors (Lipinski definition) is 6. The topological polar surface area (TPSA) is 192 Å². The van der Waals surface area contributed by atoms with Crippen molar-refractivity contribution in [3.63, 3.8) is 0 Å². The van der Waals surface area contributed by atoms with Crippen LogP contribution in [0.3, 0.4) is 0 Å². The van der Waals surface area contributed by atoms with Crippen molar-refractivity contribution in [1.29, 1.82) is 0 Å². The van der Waals surface area contributed by atoms with Gasteiger partial charge < -0.3 is 35.0 Å². The lowest BCUT2D eigenvalue weighted by atomic mass is 10.1. The molecular formula is C17H20N5O8P. The van der Waals surface area contributed by atoms with E-state index >= 15 is 0 Å². The SMILES string of the molecule is O=c1[nH]cnc2c1nc(NCc1ccccc1)n2C1O[C@H](COP(=O)(O)O)[C@@H](O)[C@H]1O. The van der Waals surface area contributed by atoms with E-state index in [9.17, 15) is 19.6 Å². The number of ether oxygens (including phenoxy) is 1. The Hall–Kier alpha value is -2.64. The fourth-order valence-corrected chi connectivity index (χ4v) is 3.65. The van der Waals surface area contributed by atoms with Crippen molar-refractivity contribution in [2.45, 2.75) is 31.1 Å². The number of H-pyrrole nitrogens is 1. The van der Waals surface area contributed by atoms with Gasteiger partial charge in [-0.2, -0.15) is 0 Å². The molecule has 31 heavy (non-hydrogen) atoms. The molecule has 6 N–H and O–H groups in total. The molecule has 3 heterocycles. The highest BCUT2D eigenvalue weighted by Gasteiger charge is 2.46. The van der Waals surface area contributed by atoms with Crippen LogP contribution in [0, 0.1) is 0 Å². The fourth-order valence-electron chi connectivity index (χ4n) is 3.31. The van der Waals surface area contributed by atoms with E-state index in [2.05, 4.69) is 24.8 Å². The summed E-state index contributed by atoms with van der Waals surface area (Å²) in [5.74, 6) is 0.149. The first kappa shape index (κ1) is 21.6. The van der Waals surface area contributed by atoms with Crippen LogP contribution >= 0.6 is 7.82 Å². The normalized spacial score (nSPS) is 24.0. The maximum atomic E-state index is 12.2. The smallest absolute Gasteiger partial charge is 0.387 e. The number of aromatic amines is 1. The summed E-state index contributed by atoms with van der Waals surface area (Å²) in [6.07, 6.45) is -4.36.